The first-order valence-electron chi connectivity index (χ1n) is 8.79. The maximum absolute atomic E-state index is 12.4. The Bertz CT molecular complexity index is 834. The zero-order valence-electron chi connectivity index (χ0n) is 14.6. The number of piperazine rings is 1. The number of anilines is 1. The van der Waals surface area contributed by atoms with Crippen LogP contribution in [0.2, 0.25) is 5.02 Å². The van der Waals surface area contributed by atoms with Crippen LogP contribution >= 0.6 is 11.6 Å². The molecule has 0 unspecified atom stereocenters. The number of benzene rings is 2. The van der Waals surface area contributed by atoms with E-state index in [1.54, 1.807) is 25.3 Å². The number of ether oxygens (including phenoxy) is 1. The molecule has 2 aliphatic heterocycles. The lowest BCUT2D eigenvalue weighted by Crippen LogP contribution is -2.44. The highest BCUT2D eigenvalue weighted by Gasteiger charge is 2.42. The molecule has 2 atom stereocenters. The number of hydrogen-bond acceptors (Lipinski definition) is 4. The lowest BCUT2D eigenvalue weighted by atomic mass is 10.1. The minimum atomic E-state index is -0.0506. The summed E-state index contributed by atoms with van der Waals surface area (Å²) in [5.74, 6) is 0.825. The molecule has 4 nitrogen and oxygen atoms in total. The van der Waals surface area contributed by atoms with E-state index in [1.807, 2.05) is 30.5 Å². The van der Waals surface area contributed by atoms with Crippen molar-refractivity contribution in [1.29, 1.82) is 0 Å². The SMILES string of the molecule is COc1ccc(N2C[C@H]3C[C@@H]2CN3/C=C/C(=O)c2ccccc2Cl)cc1. The zero-order chi connectivity index (χ0) is 18.1. The molecule has 2 aromatic rings. The molecule has 2 bridgehead atoms. The van der Waals surface area contributed by atoms with Crippen LogP contribution < -0.4 is 9.64 Å². The van der Waals surface area contributed by atoms with E-state index in [-0.39, 0.29) is 5.78 Å². The fourth-order valence-electron chi connectivity index (χ4n) is 3.88. The molecule has 0 radical (unpaired) electrons. The Hall–Kier alpha value is -2.46. The summed E-state index contributed by atoms with van der Waals surface area (Å²) in [6, 6.07) is 16.3. The predicted molar refractivity (Wildman–Crippen MR) is 104 cm³/mol. The molecule has 0 aromatic heterocycles. The van der Waals surface area contributed by atoms with Gasteiger partial charge in [0.05, 0.1) is 12.1 Å². The second-order valence-corrected chi connectivity index (χ2v) is 7.16. The fourth-order valence-corrected chi connectivity index (χ4v) is 4.11. The summed E-state index contributed by atoms with van der Waals surface area (Å²) < 4.78 is 5.23. The van der Waals surface area contributed by atoms with Gasteiger partial charge in [-0.1, -0.05) is 23.7 Å². The second kappa shape index (κ2) is 7.04. The Kier molecular flexibility index (Phi) is 4.60. The summed E-state index contributed by atoms with van der Waals surface area (Å²) in [5.41, 5.74) is 1.78. The van der Waals surface area contributed by atoms with Crippen LogP contribution in [-0.2, 0) is 0 Å². The third kappa shape index (κ3) is 3.17. The van der Waals surface area contributed by atoms with Crippen molar-refractivity contribution in [2.24, 2.45) is 0 Å². The maximum atomic E-state index is 12.4. The Balaban J connectivity index is 1.40. The largest absolute Gasteiger partial charge is 0.497 e. The number of likely N-dealkylation sites (tertiary alicyclic amines) is 1. The second-order valence-electron chi connectivity index (χ2n) is 6.75. The van der Waals surface area contributed by atoms with Crippen LogP contribution in [0, 0.1) is 0 Å². The molecule has 0 aliphatic carbocycles. The number of hydrogen-bond donors (Lipinski definition) is 0. The van der Waals surface area contributed by atoms with Crippen LogP contribution in [0.1, 0.15) is 16.8 Å². The molecule has 2 fully saturated rings. The average Bonchev–Trinajstić information content (AvgIpc) is 3.27. The number of fused-ring (bicyclic) bond motifs is 2. The maximum Gasteiger partial charge on any atom is 0.188 e. The number of allylic oxidation sites excluding steroid dienone is 1. The van der Waals surface area contributed by atoms with Gasteiger partial charge in [0.1, 0.15) is 5.75 Å². The summed E-state index contributed by atoms with van der Waals surface area (Å²) in [7, 11) is 1.68. The number of carbonyl (C=O) groups excluding carboxylic acids is 1. The molecular formula is C21H21ClN2O2. The first-order chi connectivity index (χ1) is 12.7. The predicted octanol–water partition coefficient (Wildman–Crippen LogP) is 4.01. The van der Waals surface area contributed by atoms with Crippen LogP contribution in [0.25, 0.3) is 0 Å². The van der Waals surface area contributed by atoms with Gasteiger partial charge in [0.2, 0.25) is 0 Å². The van der Waals surface area contributed by atoms with Gasteiger partial charge < -0.3 is 14.5 Å². The molecule has 0 amide bonds. The van der Waals surface area contributed by atoms with Crippen molar-refractivity contribution >= 4 is 23.1 Å². The summed E-state index contributed by atoms with van der Waals surface area (Å²) in [6.45, 7) is 1.91. The lowest BCUT2D eigenvalue weighted by molar-refractivity contribution is 0.104. The standard InChI is InChI=1S/C21H21ClN2O2/c1-26-18-8-6-15(7-9-18)24-14-16-12-17(24)13-23(16)11-10-21(25)19-4-2-3-5-20(19)22/h2-11,16-17H,12-14H2,1H3/b11-10+/t16-,17-/m1/s1. The monoisotopic (exact) mass is 368 g/mol. The molecule has 5 heteroatoms. The van der Waals surface area contributed by atoms with E-state index in [9.17, 15) is 4.79 Å². The first-order valence-corrected chi connectivity index (χ1v) is 9.17. The topological polar surface area (TPSA) is 32.8 Å². The van der Waals surface area contributed by atoms with Crippen molar-refractivity contribution in [3.63, 3.8) is 0 Å². The Morgan fingerprint density at radius 2 is 1.88 bits per heavy atom. The normalized spacial score (nSPS) is 21.6. The van der Waals surface area contributed by atoms with Crippen LogP contribution in [0.3, 0.4) is 0 Å². The minimum Gasteiger partial charge on any atom is -0.497 e. The molecule has 2 aliphatic rings. The van der Waals surface area contributed by atoms with Crippen molar-refractivity contribution in [2.75, 3.05) is 25.1 Å². The number of rotatable bonds is 5. The van der Waals surface area contributed by atoms with E-state index in [0.29, 0.717) is 22.7 Å². The Morgan fingerprint density at radius 3 is 2.54 bits per heavy atom. The van der Waals surface area contributed by atoms with Crippen LogP contribution in [0.5, 0.6) is 5.75 Å². The van der Waals surface area contributed by atoms with Crippen LogP contribution in [0.15, 0.2) is 60.8 Å². The zero-order valence-corrected chi connectivity index (χ0v) is 15.4. The van der Waals surface area contributed by atoms with Gasteiger partial charge in [0, 0.05) is 48.7 Å². The van der Waals surface area contributed by atoms with Gasteiger partial charge in [-0.2, -0.15) is 0 Å². The van der Waals surface area contributed by atoms with E-state index in [4.69, 9.17) is 16.3 Å². The average molecular weight is 369 g/mol. The van der Waals surface area contributed by atoms with Gasteiger partial charge >= 0.3 is 0 Å². The van der Waals surface area contributed by atoms with Crippen molar-refractivity contribution in [3.05, 3.63) is 71.4 Å². The van der Waals surface area contributed by atoms with Gasteiger partial charge in [-0.05, 0) is 42.8 Å². The highest BCUT2D eigenvalue weighted by Crippen LogP contribution is 2.35. The van der Waals surface area contributed by atoms with Crippen molar-refractivity contribution in [1.82, 2.24) is 4.90 Å². The third-order valence-corrected chi connectivity index (χ3v) is 5.57. The van der Waals surface area contributed by atoms with Crippen molar-refractivity contribution in [3.8, 4) is 5.75 Å². The number of methoxy groups -OCH3 is 1. The van der Waals surface area contributed by atoms with Crippen molar-refractivity contribution < 1.29 is 9.53 Å². The summed E-state index contributed by atoms with van der Waals surface area (Å²) in [5, 5.41) is 0.496. The third-order valence-electron chi connectivity index (χ3n) is 5.24. The van der Waals surface area contributed by atoms with E-state index >= 15 is 0 Å². The number of halogens is 1. The molecule has 2 heterocycles. The summed E-state index contributed by atoms with van der Waals surface area (Å²) in [6.07, 6.45) is 4.69. The first kappa shape index (κ1) is 17.0. The molecule has 2 aromatic carbocycles. The van der Waals surface area contributed by atoms with E-state index in [1.165, 1.54) is 5.69 Å². The molecule has 0 saturated carbocycles. The highest BCUT2D eigenvalue weighted by molar-refractivity contribution is 6.34. The molecule has 0 spiro atoms. The molecule has 26 heavy (non-hydrogen) atoms. The summed E-state index contributed by atoms with van der Waals surface area (Å²) >= 11 is 6.10. The molecule has 134 valence electrons. The van der Waals surface area contributed by atoms with E-state index < -0.39 is 0 Å². The van der Waals surface area contributed by atoms with Crippen molar-refractivity contribution in [2.45, 2.75) is 18.5 Å². The molecule has 2 saturated heterocycles. The lowest BCUT2D eigenvalue weighted by Gasteiger charge is -2.35. The van der Waals surface area contributed by atoms with Gasteiger partial charge in [-0.15, -0.1) is 0 Å². The van der Waals surface area contributed by atoms with Gasteiger partial charge in [0.25, 0.3) is 0 Å². The highest BCUT2D eigenvalue weighted by atomic mass is 35.5. The fraction of sp³-hybridized carbons (Fsp3) is 0.286. The van der Waals surface area contributed by atoms with Gasteiger partial charge in [-0.25, -0.2) is 0 Å². The minimum absolute atomic E-state index is 0.0506. The number of nitrogens with zero attached hydrogens (tertiary/aromatic N) is 2. The number of carbonyl (C=O) groups is 1. The van der Waals surface area contributed by atoms with Gasteiger partial charge in [-0.3, -0.25) is 4.79 Å². The quantitative estimate of drug-likeness (QED) is 0.589. The van der Waals surface area contributed by atoms with Gasteiger partial charge in [0.15, 0.2) is 5.78 Å². The number of ketones is 1. The van der Waals surface area contributed by atoms with E-state index in [0.717, 1.165) is 25.3 Å². The van der Waals surface area contributed by atoms with Crippen LogP contribution in [0.4, 0.5) is 5.69 Å². The molecular weight excluding hydrogens is 348 g/mol. The molecule has 0 N–H and O–H groups in total. The Labute approximate surface area is 158 Å². The van der Waals surface area contributed by atoms with E-state index in [2.05, 4.69) is 21.9 Å². The Morgan fingerprint density at radius 1 is 1.12 bits per heavy atom. The molecule has 4 rings (SSSR count). The summed E-state index contributed by atoms with van der Waals surface area (Å²) in [4.78, 5) is 17.1. The smallest absolute Gasteiger partial charge is 0.188 e. The van der Waals surface area contributed by atoms with Crippen LogP contribution in [-0.4, -0.2) is 43.0 Å².